The number of hydrogen-bond acceptors (Lipinski definition) is 2. The summed E-state index contributed by atoms with van der Waals surface area (Å²) in [6.07, 6.45) is 1.47. The van der Waals surface area contributed by atoms with Gasteiger partial charge in [-0.3, -0.25) is 9.36 Å². The predicted molar refractivity (Wildman–Crippen MR) is 79.5 cm³/mol. The van der Waals surface area contributed by atoms with Crippen molar-refractivity contribution >= 4 is 50.1 Å². The van der Waals surface area contributed by atoms with Crippen molar-refractivity contribution in [3.8, 4) is 0 Å². The van der Waals surface area contributed by atoms with Crippen molar-refractivity contribution in [3.63, 3.8) is 0 Å². The average molecular weight is 425 g/mol. The summed E-state index contributed by atoms with van der Waals surface area (Å²) in [7, 11) is 0. The Morgan fingerprint density at radius 3 is 2.94 bits per heavy atom. The molecule has 0 bridgehead atoms. The van der Waals surface area contributed by atoms with Crippen LogP contribution in [0.25, 0.3) is 0 Å². The number of hydrogen-bond donors (Lipinski definition) is 0. The van der Waals surface area contributed by atoms with E-state index in [4.69, 9.17) is 11.6 Å². The molecule has 0 spiro atoms. The van der Waals surface area contributed by atoms with E-state index in [9.17, 15) is 4.79 Å². The van der Waals surface area contributed by atoms with Crippen molar-refractivity contribution < 1.29 is 0 Å². The van der Waals surface area contributed by atoms with Crippen molar-refractivity contribution in [2.24, 2.45) is 0 Å². The molecule has 17 heavy (non-hydrogen) atoms. The molecular formula is C11H7BrClIN2O. The standard InChI is InChI=1S/C11H7BrClIN2O/c12-8-3-1-2-7(4-8)5-16-6-15-10(13)9(14)11(16)17/h1-4,6H,5H2. The first-order chi connectivity index (χ1) is 8.08. The van der Waals surface area contributed by atoms with Crippen LogP contribution >= 0.6 is 50.1 Å². The summed E-state index contributed by atoms with van der Waals surface area (Å²) in [5, 5.41) is 0.251. The Hall–Kier alpha value is -0.400. The van der Waals surface area contributed by atoms with Crippen molar-refractivity contribution in [2.75, 3.05) is 0 Å². The van der Waals surface area contributed by atoms with Gasteiger partial charge in [0.25, 0.3) is 5.56 Å². The molecule has 0 saturated carbocycles. The SMILES string of the molecule is O=c1c(I)c(Cl)ncn1Cc1cccc(Br)c1. The van der Waals surface area contributed by atoms with Crippen LogP contribution in [0.5, 0.6) is 0 Å². The second kappa shape index (κ2) is 5.49. The molecule has 1 aromatic carbocycles. The number of rotatable bonds is 2. The summed E-state index contributed by atoms with van der Waals surface area (Å²) < 4.78 is 2.97. The van der Waals surface area contributed by atoms with E-state index < -0.39 is 0 Å². The summed E-state index contributed by atoms with van der Waals surface area (Å²) in [5.41, 5.74) is 0.909. The first-order valence-electron chi connectivity index (χ1n) is 4.73. The number of benzene rings is 1. The lowest BCUT2D eigenvalue weighted by molar-refractivity contribution is 0.730. The van der Waals surface area contributed by atoms with E-state index in [1.165, 1.54) is 10.9 Å². The molecule has 0 atom stereocenters. The van der Waals surface area contributed by atoms with E-state index in [0.29, 0.717) is 10.1 Å². The minimum atomic E-state index is -0.120. The minimum absolute atomic E-state index is 0.120. The lowest BCUT2D eigenvalue weighted by Gasteiger charge is -2.06. The molecule has 0 aliphatic carbocycles. The monoisotopic (exact) mass is 424 g/mol. The summed E-state index contributed by atoms with van der Waals surface area (Å²) in [6, 6.07) is 7.79. The van der Waals surface area contributed by atoms with Crippen molar-refractivity contribution in [1.82, 2.24) is 9.55 Å². The molecule has 2 aromatic rings. The van der Waals surface area contributed by atoms with Crippen molar-refractivity contribution in [2.45, 2.75) is 6.54 Å². The summed E-state index contributed by atoms with van der Waals surface area (Å²) >= 11 is 11.1. The molecule has 0 unspecified atom stereocenters. The maximum Gasteiger partial charge on any atom is 0.268 e. The van der Waals surface area contributed by atoms with Gasteiger partial charge in [-0.2, -0.15) is 0 Å². The van der Waals surface area contributed by atoms with Gasteiger partial charge < -0.3 is 0 Å². The van der Waals surface area contributed by atoms with Crippen LogP contribution in [-0.4, -0.2) is 9.55 Å². The van der Waals surface area contributed by atoms with E-state index in [1.807, 2.05) is 46.9 Å². The molecule has 1 heterocycles. The highest BCUT2D eigenvalue weighted by Crippen LogP contribution is 2.13. The topological polar surface area (TPSA) is 34.9 Å². The lowest BCUT2D eigenvalue weighted by atomic mass is 10.2. The number of nitrogens with zero attached hydrogens (tertiary/aromatic N) is 2. The Kier molecular flexibility index (Phi) is 4.22. The van der Waals surface area contributed by atoms with Crippen molar-refractivity contribution in [1.29, 1.82) is 0 Å². The highest BCUT2D eigenvalue weighted by Gasteiger charge is 2.07. The van der Waals surface area contributed by atoms with Crippen LogP contribution in [0.3, 0.4) is 0 Å². The number of halogens is 3. The van der Waals surface area contributed by atoms with Gasteiger partial charge in [-0.05, 0) is 40.3 Å². The molecule has 3 nitrogen and oxygen atoms in total. The minimum Gasteiger partial charge on any atom is -0.294 e. The molecule has 6 heteroatoms. The third kappa shape index (κ3) is 3.08. The zero-order valence-electron chi connectivity index (χ0n) is 8.53. The van der Waals surface area contributed by atoms with Crippen LogP contribution in [0, 0.1) is 3.57 Å². The van der Waals surface area contributed by atoms with Crippen LogP contribution in [-0.2, 0) is 6.54 Å². The third-order valence-corrected chi connectivity index (χ3v) is 4.25. The summed E-state index contributed by atoms with van der Waals surface area (Å²) in [5.74, 6) is 0. The van der Waals surface area contributed by atoms with E-state index in [0.717, 1.165) is 10.0 Å². The fraction of sp³-hybridized carbons (Fsp3) is 0.0909. The van der Waals surface area contributed by atoms with Gasteiger partial charge >= 0.3 is 0 Å². The zero-order chi connectivity index (χ0) is 12.4. The van der Waals surface area contributed by atoms with E-state index in [1.54, 1.807) is 0 Å². The van der Waals surface area contributed by atoms with Gasteiger partial charge in [0.05, 0.1) is 12.9 Å². The lowest BCUT2D eigenvalue weighted by Crippen LogP contribution is -2.23. The zero-order valence-corrected chi connectivity index (χ0v) is 13.0. The quantitative estimate of drug-likeness (QED) is 0.547. The van der Waals surface area contributed by atoms with Crippen molar-refractivity contribution in [3.05, 3.63) is 59.7 Å². The van der Waals surface area contributed by atoms with Gasteiger partial charge in [-0.25, -0.2) is 4.98 Å². The van der Waals surface area contributed by atoms with Crippen LogP contribution in [0.15, 0.2) is 39.9 Å². The smallest absolute Gasteiger partial charge is 0.268 e. The molecule has 88 valence electrons. The maximum absolute atomic E-state index is 11.9. The fourth-order valence-corrected chi connectivity index (χ4v) is 2.41. The van der Waals surface area contributed by atoms with E-state index in [-0.39, 0.29) is 10.7 Å². The van der Waals surface area contributed by atoms with Crippen LogP contribution < -0.4 is 5.56 Å². The Balaban J connectivity index is 2.37. The maximum atomic E-state index is 11.9. The summed E-state index contributed by atoms with van der Waals surface area (Å²) in [6.45, 7) is 0.485. The predicted octanol–water partition coefficient (Wildman–Crippen LogP) is 3.31. The first kappa shape index (κ1) is 13.0. The Morgan fingerprint density at radius 1 is 1.47 bits per heavy atom. The highest BCUT2D eigenvalue weighted by molar-refractivity contribution is 14.1. The molecule has 0 amide bonds. The van der Waals surface area contributed by atoms with Gasteiger partial charge in [0, 0.05) is 4.47 Å². The third-order valence-electron chi connectivity index (χ3n) is 2.18. The Bertz CT molecular complexity index is 615. The fourth-order valence-electron chi connectivity index (χ4n) is 1.39. The largest absolute Gasteiger partial charge is 0.294 e. The van der Waals surface area contributed by atoms with Gasteiger partial charge in [0.15, 0.2) is 0 Å². The molecule has 2 rings (SSSR count). The molecule has 0 fully saturated rings. The van der Waals surface area contributed by atoms with Crippen LogP contribution in [0.2, 0.25) is 5.15 Å². The van der Waals surface area contributed by atoms with Gasteiger partial charge in [0.2, 0.25) is 0 Å². The second-order valence-electron chi connectivity index (χ2n) is 3.41. The van der Waals surface area contributed by atoms with Gasteiger partial charge in [-0.1, -0.05) is 39.7 Å². The highest BCUT2D eigenvalue weighted by atomic mass is 127. The first-order valence-corrected chi connectivity index (χ1v) is 6.98. The van der Waals surface area contributed by atoms with Crippen LogP contribution in [0.4, 0.5) is 0 Å². The normalized spacial score (nSPS) is 10.5. The molecule has 0 aliphatic heterocycles. The number of aromatic nitrogens is 2. The average Bonchev–Trinajstić information content (AvgIpc) is 2.30. The Morgan fingerprint density at radius 2 is 2.24 bits per heavy atom. The van der Waals surface area contributed by atoms with Gasteiger partial charge in [0.1, 0.15) is 8.72 Å². The molecule has 0 saturated heterocycles. The second-order valence-corrected chi connectivity index (χ2v) is 5.76. The molecule has 1 aromatic heterocycles. The molecule has 0 N–H and O–H groups in total. The van der Waals surface area contributed by atoms with E-state index >= 15 is 0 Å². The summed E-state index contributed by atoms with van der Waals surface area (Å²) in [4.78, 5) is 15.9. The van der Waals surface area contributed by atoms with Crippen LogP contribution in [0.1, 0.15) is 5.56 Å². The molecular weight excluding hydrogens is 418 g/mol. The Labute approximate surface area is 125 Å². The molecule has 0 radical (unpaired) electrons. The molecule has 0 aliphatic rings. The van der Waals surface area contributed by atoms with Gasteiger partial charge in [-0.15, -0.1) is 0 Å². The van der Waals surface area contributed by atoms with E-state index in [2.05, 4.69) is 20.9 Å².